The van der Waals surface area contributed by atoms with Crippen LogP contribution in [0.3, 0.4) is 0 Å². The minimum Gasteiger partial charge on any atom is -0.302 e. The lowest BCUT2D eigenvalue weighted by Gasteiger charge is -2.36. The van der Waals surface area contributed by atoms with Crippen molar-refractivity contribution in [3.05, 3.63) is 29.8 Å². The van der Waals surface area contributed by atoms with E-state index in [0.29, 0.717) is 23.6 Å². The van der Waals surface area contributed by atoms with Gasteiger partial charge < -0.3 is 5.32 Å². The Kier molecular flexibility index (Phi) is 4.53. The zero-order chi connectivity index (χ0) is 16.6. The number of hydrogen-bond donors (Lipinski definition) is 1. The van der Waals surface area contributed by atoms with Crippen LogP contribution in [0.25, 0.3) is 0 Å². The first kappa shape index (κ1) is 16.2. The third kappa shape index (κ3) is 3.18. The molecule has 2 fully saturated rings. The van der Waals surface area contributed by atoms with Gasteiger partial charge in [0.2, 0.25) is 5.91 Å². The van der Waals surface area contributed by atoms with Gasteiger partial charge in [-0.1, -0.05) is 44.4 Å². The number of nitrogens with one attached hydrogen (secondary N) is 1. The summed E-state index contributed by atoms with van der Waals surface area (Å²) in [5, 5.41) is 3.48. The average molecular weight is 314 g/mol. The lowest BCUT2D eigenvalue weighted by Crippen LogP contribution is -2.48. The fourth-order valence-electron chi connectivity index (χ4n) is 3.80. The number of rotatable bonds is 3. The van der Waals surface area contributed by atoms with Gasteiger partial charge in [0.1, 0.15) is 0 Å². The first-order valence-electron chi connectivity index (χ1n) is 8.67. The Morgan fingerprint density at radius 2 is 1.78 bits per heavy atom. The number of hydrogen-bond acceptors (Lipinski definition) is 3. The van der Waals surface area contributed by atoms with Crippen molar-refractivity contribution in [2.24, 2.45) is 11.8 Å². The summed E-state index contributed by atoms with van der Waals surface area (Å²) >= 11 is 0. The van der Waals surface area contributed by atoms with Crippen LogP contribution in [0.15, 0.2) is 24.3 Å². The third-order valence-corrected chi connectivity index (χ3v) is 5.56. The molecule has 1 saturated heterocycles. The second kappa shape index (κ2) is 6.44. The minimum absolute atomic E-state index is 0.104. The summed E-state index contributed by atoms with van der Waals surface area (Å²) in [5.41, 5.74) is 1.80. The van der Waals surface area contributed by atoms with Crippen LogP contribution in [0.4, 0.5) is 5.69 Å². The van der Waals surface area contributed by atoms with Gasteiger partial charge in [-0.25, -0.2) is 4.90 Å². The molecule has 4 atom stereocenters. The number of carbonyl (C=O) groups is 2. The van der Waals surface area contributed by atoms with Gasteiger partial charge in [-0.15, -0.1) is 0 Å². The van der Waals surface area contributed by atoms with E-state index in [9.17, 15) is 9.59 Å². The Bertz CT molecular complexity index is 596. The van der Waals surface area contributed by atoms with Crippen LogP contribution in [0.5, 0.6) is 0 Å². The molecule has 0 aromatic heterocycles. The second-order valence-electron chi connectivity index (χ2n) is 7.20. The van der Waals surface area contributed by atoms with E-state index in [2.05, 4.69) is 19.2 Å². The number of carbonyl (C=O) groups excluding carboxylic acids is 2. The quantitative estimate of drug-likeness (QED) is 0.873. The lowest BCUT2D eigenvalue weighted by molar-refractivity contribution is -0.121. The highest BCUT2D eigenvalue weighted by Crippen LogP contribution is 2.31. The predicted octanol–water partition coefficient (Wildman–Crippen LogP) is 3.04. The largest absolute Gasteiger partial charge is 0.302 e. The Balaban J connectivity index is 1.72. The zero-order valence-corrected chi connectivity index (χ0v) is 14.2. The smallest absolute Gasteiger partial charge is 0.251 e. The maximum absolute atomic E-state index is 12.7. The van der Waals surface area contributed by atoms with Gasteiger partial charge in [-0.3, -0.25) is 9.59 Å². The molecule has 1 N–H and O–H groups in total. The molecule has 1 heterocycles. The molecule has 1 aromatic rings. The molecule has 1 aliphatic carbocycles. The molecule has 0 bridgehead atoms. The van der Waals surface area contributed by atoms with Crippen molar-refractivity contribution in [2.45, 2.75) is 58.5 Å². The van der Waals surface area contributed by atoms with Gasteiger partial charge in [0, 0.05) is 6.04 Å². The molecule has 4 nitrogen and oxygen atoms in total. The van der Waals surface area contributed by atoms with Gasteiger partial charge in [-0.2, -0.15) is 0 Å². The number of aryl methyl sites for hydroxylation is 1. The predicted molar refractivity (Wildman–Crippen MR) is 91.2 cm³/mol. The highest BCUT2D eigenvalue weighted by atomic mass is 16.2. The topological polar surface area (TPSA) is 49.4 Å². The molecule has 0 spiro atoms. The van der Waals surface area contributed by atoms with Crippen LogP contribution in [0.1, 0.15) is 45.1 Å². The number of imide groups is 1. The maximum Gasteiger partial charge on any atom is 0.251 e. The van der Waals surface area contributed by atoms with Crippen LogP contribution in [-0.4, -0.2) is 23.9 Å². The number of amides is 2. The summed E-state index contributed by atoms with van der Waals surface area (Å²) in [6.07, 6.45) is 3.81. The summed E-state index contributed by atoms with van der Waals surface area (Å²) in [7, 11) is 0. The van der Waals surface area contributed by atoms with E-state index in [1.54, 1.807) is 0 Å². The van der Waals surface area contributed by atoms with Crippen LogP contribution in [-0.2, 0) is 9.59 Å². The van der Waals surface area contributed by atoms with Crippen molar-refractivity contribution in [1.82, 2.24) is 5.32 Å². The van der Waals surface area contributed by atoms with Gasteiger partial charge >= 0.3 is 0 Å². The van der Waals surface area contributed by atoms with Gasteiger partial charge in [0.05, 0.1) is 18.2 Å². The highest BCUT2D eigenvalue weighted by molar-refractivity contribution is 6.22. The van der Waals surface area contributed by atoms with Crippen LogP contribution in [0, 0.1) is 18.8 Å². The summed E-state index contributed by atoms with van der Waals surface area (Å²) in [4.78, 5) is 26.4. The molecule has 124 valence electrons. The van der Waals surface area contributed by atoms with Crippen molar-refractivity contribution in [1.29, 1.82) is 0 Å². The Labute approximate surface area is 138 Å². The molecule has 1 aromatic carbocycles. The summed E-state index contributed by atoms with van der Waals surface area (Å²) in [6.45, 7) is 6.52. The van der Waals surface area contributed by atoms with E-state index in [1.807, 2.05) is 31.2 Å². The third-order valence-electron chi connectivity index (χ3n) is 5.56. The lowest BCUT2D eigenvalue weighted by atomic mass is 9.78. The monoisotopic (exact) mass is 314 g/mol. The summed E-state index contributed by atoms with van der Waals surface area (Å²) in [5.74, 6) is 0.999. The van der Waals surface area contributed by atoms with E-state index >= 15 is 0 Å². The molecule has 1 aliphatic heterocycles. The van der Waals surface area contributed by atoms with Crippen LogP contribution < -0.4 is 10.2 Å². The summed E-state index contributed by atoms with van der Waals surface area (Å²) < 4.78 is 0. The summed E-state index contributed by atoms with van der Waals surface area (Å²) in [6, 6.07) is 7.51. The van der Waals surface area contributed by atoms with Crippen molar-refractivity contribution in [2.75, 3.05) is 4.90 Å². The van der Waals surface area contributed by atoms with E-state index in [-0.39, 0.29) is 24.3 Å². The fraction of sp³-hybridized carbons (Fsp3) is 0.579. The second-order valence-corrected chi connectivity index (χ2v) is 7.20. The van der Waals surface area contributed by atoms with E-state index in [1.165, 1.54) is 17.7 Å². The van der Waals surface area contributed by atoms with Crippen LogP contribution in [0.2, 0.25) is 0 Å². The average Bonchev–Trinajstić information content (AvgIpc) is 2.79. The first-order chi connectivity index (χ1) is 11.0. The van der Waals surface area contributed by atoms with Gasteiger partial charge in [0.15, 0.2) is 0 Å². The van der Waals surface area contributed by atoms with E-state index in [0.717, 1.165) is 12.0 Å². The number of nitrogens with zero attached hydrogens (tertiary/aromatic N) is 1. The molecule has 0 unspecified atom stereocenters. The molecule has 2 amide bonds. The molecule has 23 heavy (non-hydrogen) atoms. The zero-order valence-electron chi connectivity index (χ0n) is 14.2. The molecule has 1 saturated carbocycles. The number of benzene rings is 1. The highest BCUT2D eigenvalue weighted by Gasteiger charge is 2.41. The van der Waals surface area contributed by atoms with Gasteiger partial charge in [-0.05, 0) is 37.3 Å². The van der Waals surface area contributed by atoms with Crippen molar-refractivity contribution in [3.63, 3.8) is 0 Å². The van der Waals surface area contributed by atoms with E-state index in [4.69, 9.17) is 0 Å². The fourth-order valence-corrected chi connectivity index (χ4v) is 3.80. The van der Waals surface area contributed by atoms with Gasteiger partial charge in [0.25, 0.3) is 5.91 Å². The molecular weight excluding hydrogens is 288 g/mol. The Morgan fingerprint density at radius 1 is 1.09 bits per heavy atom. The van der Waals surface area contributed by atoms with Crippen molar-refractivity contribution in [3.8, 4) is 0 Å². The molecular formula is C19H26N2O2. The molecule has 3 rings (SSSR count). The van der Waals surface area contributed by atoms with Crippen molar-refractivity contribution >= 4 is 17.5 Å². The van der Waals surface area contributed by atoms with Crippen molar-refractivity contribution < 1.29 is 9.59 Å². The minimum atomic E-state index is -0.374. The van der Waals surface area contributed by atoms with Crippen LogP contribution >= 0.6 is 0 Å². The molecule has 4 heteroatoms. The standard InChI is InChI=1S/C19H26N2O2/c1-12-7-9-15(10-8-12)21-18(22)11-17(19(21)23)20-16-6-4-5-13(2)14(16)3/h7-10,13-14,16-17,20H,4-6,11H2,1-3H3/t13-,14+,16-,17+/m1/s1. The molecule has 2 aliphatic rings. The number of anilines is 1. The SMILES string of the molecule is Cc1ccc(N2C(=O)C[C@H](N[C@@H]3CCC[C@@H](C)[C@@H]3C)C2=O)cc1. The first-order valence-corrected chi connectivity index (χ1v) is 8.67. The Hall–Kier alpha value is -1.68. The Morgan fingerprint density at radius 3 is 2.48 bits per heavy atom. The van der Waals surface area contributed by atoms with E-state index < -0.39 is 0 Å². The maximum atomic E-state index is 12.7. The molecule has 0 radical (unpaired) electrons. The normalized spacial score (nSPS) is 31.7.